The van der Waals surface area contributed by atoms with Crippen LogP contribution in [0, 0.1) is 5.92 Å². The molecular formula is C17H23NO. The Labute approximate surface area is 115 Å². The summed E-state index contributed by atoms with van der Waals surface area (Å²) in [4.78, 5) is 0. The lowest BCUT2D eigenvalue weighted by Crippen LogP contribution is -2.26. The van der Waals surface area contributed by atoms with E-state index in [1.165, 1.54) is 30.4 Å². The van der Waals surface area contributed by atoms with Crippen LogP contribution in [0.2, 0.25) is 0 Å². The monoisotopic (exact) mass is 257 g/mol. The summed E-state index contributed by atoms with van der Waals surface area (Å²) in [5, 5.41) is 3.69. The molecule has 0 fully saturated rings. The van der Waals surface area contributed by atoms with Gasteiger partial charge in [-0.2, -0.15) is 0 Å². The van der Waals surface area contributed by atoms with Gasteiger partial charge in [0, 0.05) is 12.5 Å². The first-order valence-electron chi connectivity index (χ1n) is 7.47. The molecule has 1 heterocycles. The van der Waals surface area contributed by atoms with Gasteiger partial charge in [0.05, 0.1) is 6.61 Å². The predicted molar refractivity (Wildman–Crippen MR) is 78.5 cm³/mol. The van der Waals surface area contributed by atoms with Gasteiger partial charge in [0.15, 0.2) is 0 Å². The van der Waals surface area contributed by atoms with Crippen LogP contribution < -0.4 is 10.1 Å². The van der Waals surface area contributed by atoms with Gasteiger partial charge >= 0.3 is 0 Å². The van der Waals surface area contributed by atoms with E-state index in [9.17, 15) is 0 Å². The molecule has 102 valence electrons. The van der Waals surface area contributed by atoms with Crippen molar-refractivity contribution < 1.29 is 4.74 Å². The fraction of sp³-hybridized carbons (Fsp3) is 0.529. The summed E-state index contributed by atoms with van der Waals surface area (Å²) >= 11 is 0. The first-order chi connectivity index (χ1) is 9.33. The zero-order chi connectivity index (χ0) is 13.1. The summed E-state index contributed by atoms with van der Waals surface area (Å²) in [5.74, 6) is 1.89. The maximum atomic E-state index is 5.56. The highest BCUT2D eigenvalue weighted by Gasteiger charge is 2.15. The molecule has 2 atom stereocenters. The minimum absolute atomic E-state index is 0.428. The Bertz CT molecular complexity index is 466. The van der Waals surface area contributed by atoms with Gasteiger partial charge in [0.2, 0.25) is 0 Å². The highest BCUT2D eigenvalue weighted by Crippen LogP contribution is 2.28. The molecule has 0 bridgehead atoms. The van der Waals surface area contributed by atoms with E-state index in [0.717, 1.165) is 31.2 Å². The largest absolute Gasteiger partial charge is 0.493 e. The van der Waals surface area contributed by atoms with Crippen molar-refractivity contribution in [3.8, 4) is 5.75 Å². The molecule has 2 aliphatic rings. The molecule has 2 heteroatoms. The third-order valence-electron chi connectivity index (χ3n) is 4.30. The van der Waals surface area contributed by atoms with Crippen molar-refractivity contribution in [2.75, 3.05) is 13.2 Å². The van der Waals surface area contributed by atoms with Gasteiger partial charge in [-0.25, -0.2) is 0 Å². The van der Waals surface area contributed by atoms with Crippen LogP contribution in [0.4, 0.5) is 0 Å². The Kier molecular flexibility index (Phi) is 3.88. The van der Waals surface area contributed by atoms with Crippen molar-refractivity contribution in [1.82, 2.24) is 5.32 Å². The third-order valence-corrected chi connectivity index (χ3v) is 4.30. The lowest BCUT2D eigenvalue weighted by molar-refractivity contribution is 0.356. The molecule has 0 radical (unpaired) electrons. The summed E-state index contributed by atoms with van der Waals surface area (Å²) in [6, 6.07) is 7.06. The van der Waals surface area contributed by atoms with E-state index in [0.29, 0.717) is 6.04 Å². The molecular weight excluding hydrogens is 234 g/mol. The summed E-state index contributed by atoms with van der Waals surface area (Å²) in [7, 11) is 0. The quantitative estimate of drug-likeness (QED) is 0.832. The second-order valence-corrected chi connectivity index (χ2v) is 5.75. The van der Waals surface area contributed by atoms with Gasteiger partial charge in [0.25, 0.3) is 0 Å². The highest BCUT2D eigenvalue weighted by atomic mass is 16.5. The molecule has 0 aromatic heterocycles. The summed E-state index contributed by atoms with van der Waals surface area (Å²) in [5.41, 5.74) is 2.75. The van der Waals surface area contributed by atoms with E-state index in [4.69, 9.17) is 4.74 Å². The van der Waals surface area contributed by atoms with E-state index in [1.54, 1.807) is 0 Å². The van der Waals surface area contributed by atoms with Crippen molar-refractivity contribution in [3.05, 3.63) is 41.5 Å². The summed E-state index contributed by atoms with van der Waals surface area (Å²) in [6.07, 6.45) is 9.50. The molecule has 3 rings (SSSR count). The summed E-state index contributed by atoms with van der Waals surface area (Å²) in [6.45, 7) is 4.23. The number of fused-ring (bicyclic) bond motifs is 1. The van der Waals surface area contributed by atoms with E-state index in [-0.39, 0.29) is 0 Å². The average Bonchev–Trinajstić information content (AvgIpc) is 2.93. The molecule has 0 saturated heterocycles. The maximum absolute atomic E-state index is 5.56. The Balaban J connectivity index is 1.57. The fourth-order valence-corrected chi connectivity index (χ4v) is 2.98. The first kappa shape index (κ1) is 12.7. The number of rotatable bonds is 4. The third kappa shape index (κ3) is 3.01. The van der Waals surface area contributed by atoms with Crippen LogP contribution in [0.3, 0.4) is 0 Å². The summed E-state index contributed by atoms with van der Waals surface area (Å²) < 4.78 is 5.56. The van der Waals surface area contributed by atoms with Crippen LogP contribution >= 0.6 is 0 Å². The Morgan fingerprint density at radius 2 is 2.32 bits per heavy atom. The number of allylic oxidation sites excluding steroid dienone is 2. The number of hydrogen-bond donors (Lipinski definition) is 1. The van der Waals surface area contributed by atoms with Crippen LogP contribution in [0.25, 0.3) is 0 Å². The Morgan fingerprint density at radius 3 is 3.16 bits per heavy atom. The van der Waals surface area contributed by atoms with Crippen molar-refractivity contribution in [2.24, 2.45) is 5.92 Å². The molecule has 0 amide bonds. The maximum Gasteiger partial charge on any atom is 0.122 e. The standard InChI is InChI=1S/C17H23NO/c1-13(18-12-14-5-3-2-4-6-14)15-7-8-17-16(11-15)9-10-19-17/h2-3,7-8,11,13-14,18H,4-6,9-10,12H2,1H3. The number of benzene rings is 1. The van der Waals surface area contributed by atoms with E-state index >= 15 is 0 Å². The smallest absolute Gasteiger partial charge is 0.122 e. The number of nitrogens with one attached hydrogen (secondary N) is 1. The SMILES string of the molecule is CC(NCC1CC=CCC1)c1ccc2c(c1)CCO2. The molecule has 19 heavy (non-hydrogen) atoms. The average molecular weight is 257 g/mol. The lowest BCUT2D eigenvalue weighted by atomic mass is 9.94. The highest BCUT2D eigenvalue weighted by molar-refractivity contribution is 5.40. The predicted octanol–water partition coefficient (Wildman–Crippen LogP) is 3.63. The number of hydrogen-bond acceptors (Lipinski definition) is 2. The Hall–Kier alpha value is -1.28. The van der Waals surface area contributed by atoms with Crippen LogP contribution in [0.5, 0.6) is 5.75 Å². The molecule has 1 N–H and O–H groups in total. The van der Waals surface area contributed by atoms with Crippen LogP contribution in [0.1, 0.15) is 43.4 Å². The van der Waals surface area contributed by atoms with Crippen LogP contribution in [-0.4, -0.2) is 13.2 Å². The van der Waals surface area contributed by atoms with Crippen molar-refractivity contribution in [1.29, 1.82) is 0 Å². The topological polar surface area (TPSA) is 21.3 Å². The Morgan fingerprint density at radius 1 is 1.37 bits per heavy atom. The second kappa shape index (κ2) is 5.79. The molecule has 1 aliphatic heterocycles. The van der Waals surface area contributed by atoms with Crippen molar-refractivity contribution >= 4 is 0 Å². The molecule has 0 saturated carbocycles. The van der Waals surface area contributed by atoms with E-state index in [1.807, 2.05) is 0 Å². The minimum atomic E-state index is 0.428. The molecule has 1 aliphatic carbocycles. The van der Waals surface area contributed by atoms with Gasteiger partial charge in [0.1, 0.15) is 5.75 Å². The van der Waals surface area contributed by atoms with Crippen LogP contribution in [0.15, 0.2) is 30.4 Å². The molecule has 0 spiro atoms. The van der Waals surface area contributed by atoms with Gasteiger partial charge < -0.3 is 10.1 Å². The normalized spacial score (nSPS) is 22.9. The van der Waals surface area contributed by atoms with Crippen molar-refractivity contribution in [3.63, 3.8) is 0 Å². The molecule has 2 nitrogen and oxygen atoms in total. The van der Waals surface area contributed by atoms with Crippen molar-refractivity contribution in [2.45, 2.75) is 38.6 Å². The van der Waals surface area contributed by atoms with Gasteiger partial charge in [-0.3, -0.25) is 0 Å². The van der Waals surface area contributed by atoms with E-state index in [2.05, 4.69) is 42.6 Å². The number of ether oxygens (including phenoxy) is 1. The lowest BCUT2D eigenvalue weighted by Gasteiger charge is -2.22. The fourth-order valence-electron chi connectivity index (χ4n) is 2.98. The molecule has 1 aromatic rings. The molecule has 2 unspecified atom stereocenters. The molecule has 1 aromatic carbocycles. The van der Waals surface area contributed by atoms with E-state index < -0.39 is 0 Å². The minimum Gasteiger partial charge on any atom is -0.493 e. The first-order valence-corrected chi connectivity index (χ1v) is 7.47. The second-order valence-electron chi connectivity index (χ2n) is 5.75. The zero-order valence-corrected chi connectivity index (χ0v) is 11.7. The zero-order valence-electron chi connectivity index (χ0n) is 11.7. The van der Waals surface area contributed by atoms with Crippen LogP contribution in [-0.2, 0) is 6.42 Å². The van der Waals surface area contributed by atoms with Gasteiger partial charge in [-0.15, -0.1) is 0 Å². The van der Waals surface area contributed by atoms with Gasteiger partial charge in [-0.05, 0) is 55.8 Å². The van der Waals surface area contributed by atoms with Gasteiger partial charge in [-0.1, -0.05) is 24.3 Å².